The Morgan fingerprint density at radius 3 is 2.17 bits per heavy atom. The van der Waals surface area contributed by atoms with Crippen molar-refractivity contribution in [3.05, 3.63) is 0 Å². The molecule has 11 heteroatoms. The van der Waals surface area contributed by atoms with Gasteiger partial charge >= 0.3 is 18.0 Å². The third-order valence-electron chi connectivity index (χ3n) is 8.43. The van der Waals surface area contributed by atoms with Crippen molar-refractivity contribution < 1.29 is 48.2 Å². The number of Topliss-reactive ketones (excluding diaryl/α,β-unsaturated/α-hetero) is 1. The van der Waals surface area contributed by atoms with Crippen LogP contribution in [0.2, 0.25) is 32.7 Å². The van der Waals surface area contributed by atoms with Gasteiger partial charge in [0, 0.05) is 27.0 Å². The zero-order valence-corrected chi connectivity index (χ0v) is 26.7. The molecule has 0 saturated heterocycles. The highest BCUT2D eigenvalue weighted by molar-refractivity contribution is 6.69. The topological polar surface area (TPSA) is 35.5 Å². The molecule has 2 saturated carbocycles. The minimum Gasteiger partial charge on any atom is -0.416 e. The monoisotopic (exact) mass is 620 g/mol. The Bertz CT molecular complexity index is 1130. The van der Waals surface area contributed by atoms with E-state index in [0.717, 1.165) is 0 Å². The van der Waals surface area contributed by atoms with E-state index in [4.69, 9.17) is 17.1 Å². The van der Waals surface area contributed by atoms with Gasteiger partial charge in [0.05, 0.1) is 5.60 Å². The summed E-state index contributed by atoms with van der Waals surface area (Å²) in [5, 5.41) is 0. The molecule has 0 spiro atoms. The van der Waals surface area contributed by atoms with Gasteiger partial charge in [0.25, 0.3) is 0 Å². The molecule has 0 amide bonds. The lowest BCUT2D eigenvalue weighted by molar-refractivity contribution is -0.336. The number of carbonyl (C=O) groups excluding carboxylic acids is 1. The summed E-state index contributed by atoms with van der Waals surface area (Å²) in [6.07, 6.45) is -10.1. The number of halogens is 6. The molecule has 4 atom stereocenters. The van der Waals surface area contributed by atoms with E-state index in [1.807, 2.05) is 6.92 Å². The third-order valence-corrected chi connectivity index (χ3v) is 10.2. The van der Waals surface area contributed by atoms with E-state index in [1.54, 1.807) is 20.0 Å². The molecule has 0 heterocycles. The molecule has 0 bridgehead atoms. The number of rotatable bonds is 10. The van der Waals surface area contributed by atoms with Crippen molar-refractivity contribution in [1.82, 2.24) is 0 Å². The number of hydrogen-bond acceptors (Lipinski definition) is 3. The van der Waals surface area contributed by atoms with Crippen LogP contribution in [-0.2, 0) is 13.6 Å². The molecule has 0 aromatic carbocycles. The van der Waals surface area contributed by atoms with Gasteiger partial charge < -0.3 is 8.85 Å². The van der Waals surface area contributed by atoms with Crippen LogP contribution in [0.15, 0.2) is 0 Å². The van der Waals surface area contributed by atoms with Gasteiger partial charge in [0.15, 0.2) is 17.4 Å². The molecule has 0 aliphatic heterocycles. The van der Waals surface area contributed by atoms with Crippen LogP contribution < -0.4 is 0 Å². The summed E-state index contributed by atoms with van der Waals surface area (Å²) in [6, 6.07) is 0. The maximum atomic E-state index is 14.2. The number of ketones is 1. The summed E-state index contributed by atoms with van der Waals surface area (Å²) in [7, 11) is -5.70. The predicted octanol–water partition coefficient (Wildman–Crippen LogP) is 8.84. The maximum absolute atomic E-state index is 14.2. The Labute approximate surface area is 247 Å². The van der Waals surface area contributed by atoms with Crippen molar-refractivity contribution in [3.63, 3.8) is 0 Å². The zero-order valence-electron chi connectivity index (χ0n) is 30.6. The second kappa shape index (κ2) is 12.0. The molecule has 0 radical (unpaired) electrons. The first kappa shape index (κ1) is 26.8. The van der Waals surface area contributed by atoms with E-state index < -0.39 is 78.3 Å². The summed E-state index contributed by atoms with van der Waals surface area (Å²) < 4.78 is 145. The molecular formula is C29H48F6O3Si2. The Balaban J connectivity index is 2.66. The average Bonchev–Trinajstić information content (AvgIpc) is 3.18. The number of alkyl halides is 6. The molecule has 0 N–H and O–H groups in total. The minimum absolute atomic E-state index is 0.0414. The molecule has 2 aliphatic carbocycles. The lowest BCUT2D eigenvalue weighted by Gasteiger charge is -2.48. The first-order valence-corrected chi connectivity index (χ1v) is 20.1. The van der Waals surface area contributed by atoms with E-state index >= 15 is 0 Å². The van der Waals surface area contributed by atoms with E-state index in [0.29, 0.717) is 32.1 Å². The van der Waals surface area contributed by atoms with Crippen LogP contribution >= 0.6 is 0 Å². The lowest BCUT2D eigenvalue weighted by Crippen LogP contribution is -2.61. The summed E-state index contributed by atoms with van der Waals surface area (Å²) in [6.45, 7) is 4.41. The first-order chi connectivity index (χ1) is 20.4. The van der Waals surface area contributed by atoms with Gasteiger partial charge in [-0.3, -0.25) is 4.79 Å². The normalized spacial score (nSPS) is 29.2. The van der Waals surface area contributed by atoms with Crippen LogP contribution in [0.1, 0.15) is 93.6 Å². The minimum atomic E-state index is -5.90. The van der Waals surface area contributed by atoms with Gasteiger partial charge in [-0.05, 0) is 108 Å². The molecule has 1 unspecified atom stereocenters. The van der Waals surface area contributed by atoms with Crippen molar-refractivity contribution in [1.29, 1.82) is 0 Å². The highest BCUT2D eigenvalue weighted by Gasteiger charge is 2.73. The van der Waals surface area contributed by atoms with Gasteiger partial charge in [-0.2, -0.15) is 26.3 Å². The van der Waals surface area contributed by atoms with Crippen molar-refractivity contribution in [2.45, 2.75) is 142 Å². The maximum Gasteiger partial charge on any atom is 0.437 e. The van der Waals surface area contributed by atoms with Gasteiger partial charge in [0.1, 0.15) is 5.78 Å². The van der Waals surface area contributed by atoms with E-state index in [1.165, 1.54) is 25.6 Å². The third kappa shape index (κ3) is 7.96. The van der Waals surface area contributed by atoms with Crippen molar-refractivity contribution in [2.75, 3.05) is 0 Å². The smallest absolute Gasteiger partial charge is 0.416 e. The predicted molar refractivity (Wildman–Crippen MR) is 151 cm³/mol. The van der Waals surface area contributed by atoms with Gasteiger partial charge in [0.2, 0.25) is 0 Å². The van der Waals surface area contributed by atoms with Crippen LogP contribution in [0.5, 0.6) is 0 Å². The fourth-order valence-corrected chi connectivity index (χ4v) is 9.06. The molecular weight excluding hydrogens is 566 g/mol. The fourth-order valence-electron chi connectivity index (χ4n) is 6.94. The standard InChI is InChI=1S/C29H48F6O3Si2/c1-24(2,37-39(5)6)16-11-17-25(3,23-15-14-21-22(36)13-10-19-26(21,23)4)18-12-20-27(28(30,31)32,29(33,34)35)38-40(7,8)9/h21,23,39H,10-11,13-19H2,1-9H3/t21?,23-,25-,26+/m1/s1/i1D3,2D3. The summed E-state index contributed by atoms with van der Waals surface area (Å²) in [4.78, 5) is 12.9. The van der Waals surface area contributed by atoms with E-state index in [2.05, 4.69) is 5.92 Å². The quantitative estimate of drug-likeness (QED) is 0.139. The van der Waals surface area contributed by atoms with Crippen molar-refractivity contribution in [2.24, 2.45) is 22.7 Å². The Morgan fingerprint density at radius 2 is 1.68 bits per heavy atom. The molecule has 2 rings (SSSR count). The van der Waals surface area contributed by atoms with Crippen LogP contribution in [-0.4, -0.2) is 46.7 Å². The second-order valence-corrected chi connectivity index (χ2v) is 20.1. The summed E-state index contributed by atoms with van der Waals surface area (Å²) in [5.74, 6) is 3.08. The zero-order chi connectivity index (χ0) is 36.0. The molecule has 0 aromatic rings. The van der Waals surface area contributed by atoms with Crippen LogP contribution in [0, 0.1) is 34.5 Å². The summed E-state index contributed by atoms with van der Waals surface area (Å²) in [5.41, 5.74) is -8.90. The molecule has 40 heavy (non-hydrogen) atoms. The highest BCUT2D eigenvalue weighted by atomic mass is 28.4. The number of fused-ring (bicyclic) bond motifs is 1. The van der Waals surface area contributed by atoms with Gasteiger partial charge in [-0.15, -0.1) is 0 Å². The largest absolute Gasteiger partial charge is 0.437 e. The molecule has 3 nitrogen and oxygen atoms in total. The Kier molecular flexibility index (Phi) is 8.06. The molecule has 0 aromatic heterocycles. The second-order valence-electron chi connectivity index (χ2n) is 13.4. The van der Waals surface area contributed by atoms with Crippen LogP contribution in [0.4, 0.5) is 26.3 Å². The van der Waals surface area contributed by atoms with Crippen molar-refractivity contribution in [3.8, 4) is 11.8 Å². The number of hydrogen-bond donors (Lipinski definition) is 0. The molecule has 2 fully saturated rings. The van der Waals surface area contributed by atoms with Gasteiger partial charge in [-0.25, -0.2) is 0 Å². The van der Waals surface area contributed by atoms with E-state index in [9.17, 15) is 31.1 Å². The Morgan fingerprint density at radius 1 is 1.07 bits per heavy atom. The lowest BCUT2D eigenvalue weighted by atomic mass is 9.56. The van der Waals surface area contributed by atoms with Crippen molar-refractivity contribution >= 4 is 23.1 Å². The van der Waals surface area contributed by atoms with Crippen LogP contribution in [0.25, 0.3) is 0 Å². The average molecular weight is 621 g/mol. The summed E-state index contributed by atoms with van der Waals surface area (Å²) >= 11 is 0. The van der Waals surface area contributed by atoms with Gasteiger partial charge in [-0.1, -0.05) is 26.2 Å². The molecule has 2 aliphatic rings. The SMILES string of the molecule is [2H]C([2H])([2H])C(CCC[C@](C)(CC#CC(O[Si](C)(C)C)(C(F)(F)F)C(F)(F)F)[C@H]1CCC2C(=O)CCC[C@@]21C)(O[SiH](C)C)C([2H])([2H])[2H]. The first-order valence-electron chi connectivity index (χ1n) is 16.9. The highest BCUT2D eigenvalue weighted by Crippen LogP contribution is 2.61. The fraction of sp³-hybridized carbons (Fsp3) is 0.897. The number of carbonyl (C=O) groups is 1. The van der Waals surface area contributed by atoms with Crippen LogP contribution in [0.3, 0.4) is 0 Å². The Hall–Kier alpha value is -0.836. The van der Waals surface area contributed by atoms with E-state index in [-0.39, 0.29) is 30.5 Å². The molecule has 232 valence electrons.